The summed E-state index contributed by atoms with van der Waals surface area (Å²) in [5, 5.41) is 3.70. The number of aryl methyl sites for hydroxylation is 1. The van der Waals surface area contributed by atoms with Crippen LogP contribution in [0, 0.1) is 0 Å². The van der Waals surface area contributed by atoms with Gasteiger partial charge in [0.1, 0.15) is 5.69 Å². The predicted molar refractivity (Wildman–Crippen MR) is 206 cm³/mol. The van der Waals surface area contributed by atoms with Crippen LogP contribution < -0.4 is 4.57 Å². The first-order chi connectivity index (χ1) is 24.2. The first-order valence-electron chi connectivity index (χ1n) is 16.9. The van der Waals surface area contributed by atoms with Crippen molar-refractivity contribution in [1.29, 1.82) is 0 Å². The van der Waals surface area contributed by atoms with Crippen LogP contribution >= 0.6 is 0 Å². The molecule has 0 radical (unpaired) electrons. The van der Waals surface area contributed by atoms with E-state index in [-0.39, 0.29) is 0 Å². The van der Waals surface area contributed by atoms with Crippen LogP contribution in [0.4, 0.5) is 0 Å². The van der Waals surface area contributed by atoms with Gasteiger partial charge in [-0.15, -0.1) is 0 Å². The summed E-state index contributed by atoms with van der Waals surface area (Å²) in [6.07, 6.45) is 12.4. The molecule has 0 fully saturated rings. The summed E-state index contributed by atoms with van der Waals surface area (Å²) in [7, 11) is 3.96. The third-order valence-corrected chi connectivity index (χ3v) is 10.0. The zero-order valence-electron chi connectivity index (χ0n) is 27.7. The number of hydrogen-bond acceptors (Lipinski definition) is 1. The molecule has 5 nitrogen and oxygen atoms in total. The van der Waals surface area contributed by atoms with Gasteiger partial charge in [0, 0.05) is 52.1 Å². The fourth-order valence-electron chi connectivity index (χ4n) is 7.87. The summed E-state index contributed by atoms with van der Waals surface area (Å²) in [6.45, 7) is 4.16. The summed E-state index contributed by atoms with van der Waals surface area (Å²) in [6, 6.07) is 41.8. The molecule has 3 aromatic heterocycles. The molecule has 0 amide bonds. The average molecular weight is 635 g/mol. The molecule has 5 heteroatoms. The van der Waals surface area contributed by atoms with Crippen LogP contribution in [0.3, 0.4) is 0 Å². The largest absolute Gasteiger partial charge is 0.313 e. The molecule has 8 aromatic rings. The average Bonchev–Trinajstić information content (AvgIpc) is 3.77. The van der Waals surface area contributed by atoms with Crippen LogP contribution in [-0.2, 0) is 13.5 Å². The van der Waals surface area contributed by atoms with Gasteiger partial charge in [-0.1, -0.05) is 67.3 Å². The van der Waals surface area contributed by atoms with Crippen molar-refractivity contribution < 1.29 is 4.57 Å². The smallest absolute Gasteiger partial charge is 0.294 e. The van der Waals surface area contributed by atoms with Gasteiger partial charge >= 0.3 is 0 Å². The van der Waals surface area contributed by atoms with Crippen LogP contribution in [-0.4, -0.2) is 27.0 Å². The van der Waals surface area contributed by atoms with Gasteiger partial charge in [0.15, 0.2) is 11.0 Å². The quantitative estimate of drug-likeness (QED) is 0.0991. The SMILES string of the molecule is C=CC(=CC=NC)n1c2ccccc2c2cc3c(cc21)c1c(n3-c2ccc(-c3n(-c4ccccc4)c4ccccc4[n+]3C)cc2)CCC=C1. The number of nitrogens with zero attached hydrogens (tertiary/aromatic N) is 5. The molecule has 5 aromatic carbocycles. The van der Waals surface area contributed by atoms with Gasteiger partial charge in [-0.05, 0) is 91.7 Å². The third-order valence-electron chi connectivity index (χ3n) is 10.0. The van der Waals surface area contributed by atoms with E-state index >= 15 is 0 Å². The van der Waals surface area contributed by atoms with Crippen molar-refractivity contribution in [3.63, 3.8) is 0 Å². The fraction of sp³-hybridized carbons (Fsp3) is 0.0909. The number of aromatic nitrogens is 4. The topological polar surface area (TPSA) is 31.0 Å². The van der Waals surface area contributed by atoms with Crippen molar-refractivity contribution in [2.75, 3.05) is 7.05 Å². The van der Waals surface area contributed by atoms with E-state index in [1.54, 1.807) is 7.05 Å². The van der Waals surface area contributed by atoms with Gasteiger partial charge in [-0.25, -0.2) is 4.57 Å². The minimum Gasteiger partial charge on any atom is -0.313 e. The number of benzene rings is 5. The minimum atomic E-state index is 0.995. The molecule has 9 rings (SSSR count). The molecule has 236 valence electrons. The summed E-state index contributed by atoms with van der Waals surface area (Å²) >= 11 is 0. The molecular formula is C44H36N5+. The van der Waals surface area contributed by atoms with Crippen molar-refractivity contribution in [3.05, 3.63) is 151 Å². The van der Waals surface area contributed by atoms with Gasteiger partial charge in [0.05, 0.1) is 29.2 Å². The molecule has 3 heterocycles. The molecule has 0 unspecified atom stereocenters. The Hall–Kier alpha value is -6.20. The van der Waals surface area contributed by atoms with Crippen molar-refractivity contribution >= 4 is 61.7 Å². The number of aliphatic imine (C=N–C) groups is 1. The maximum absolute atomic E-state index is 4.22. The van der Waals surface area contributed by atoms with Gasteiger partial charge in [-0.2, -0.15) is 4.57 Å². The van der Waals surface area contributed by atoms with Crippen molar-refractivity contribution in [2.24, 2.45) is 12.0 Å². The molecule has 0 N–H and O–H groups in total. The molecule has 0 bridgehead atoms. The fourth-order valence-corrected chi connectivity index (χ4v) is 7.87. The Bertz CT molecular complexity index is 2670. The number of rotatable bonds is 6. The molecule has 1 aliphatic rings. The first kappa shape index (κ1) is 29.0. The number of hydrogen-bond donors (Lipinski definition) is 0. The second-order valence-corrected chi connectivity index (χ2v) is 12.7. The number of allylic oxidation sites excluding steroid dienone is 4. The van der Waals surface area contributed by atoms with Crippen molar-refractivity contribution in [3.8, 4) is 22.8 Å². The Morgan fingerprint density at radius 2 is 1.45 bits per heavy atom. The highest BCUT2D eigenvalue weighted by Crippen LogP contribution is 2.40. The molecule has 0 saturated carbocycles. The van der Waals surface area contributed by atoms with Gasteiger partial charge in [0.25, 0.3) is 5.82 Å². The highest BCUT2D eigenvalue weighted by atomic mass is 15.2. The Balaban J connectivity index is 1.27. The summed E-state index contributed by atoms with van der Waals surface area (Å²) in [5.41, 5.74) is 13.1. The monoisotopic (exact) mass is 634 g/mol. The van der Waals surface area contributed by atoms with Gasteiger partial charge in [0.2, 0.25) is 0 Å². The Morgan fingerprint density at radius 1 is 0.735 bits per heavy atom. The molecule has 0 atom stereocenters. The van der Waals surface area contributed by atoms with Crippen LogP contribution in [0.2, 0.25) is 0 Å². The maximum atomic E-state index is 4.22. The molecule has 0 spiro atoms. The van der Waals surface area contributed by atoms with Gasteiger partial charge < -0.3 is 9.13 Å². The molecule has 1 aliphatic carbocycles. The van der Waals surface area contributed by atoms with Crippen molar-refractivity contribution in [2.45, 2.75) is 12.8 Å². The molecular weight excluding hydrogens is 599 g/mol. The summed E-state index contributed by atoms with van der Waals surface area (Å²) in [5.74, 6) is 1.15. The zero-order chi connectivity index (χ0) is 33.1. The molecule has 49 heavy (non-hydrogen) atoms. The standard InChI is InChI=1S/C44H36N5/c1-4-31(26-27-45-2)47-38-18-10-8-16-34(38)36-29-43-37(28-42(36)47)35-17-9-11-19-39(35)48(43)33-24-22-30(23-25-33)44-46(3)40-20-12-13-21-41(40)49(44)32-14-6-5-7-15-32/h4-10,12-18,20-29H,1,11,19H2,2-3H3/q+1. The van der Waals surface area contributed by atoms with E-state index in [0.29, 0.717) is 0 Å². The molecule has 0 aliphatic heterocycles. The minimum absolute atomic E-state index is 0.995. The Morgan fingerprint density at radius 3 is 2.24 bits per heavy atom. The normalized spacial score (nSPS) is 13.4. The van der Waals surface area contributed by atoms with Crippen LogP contribution in [0.5, 0.6) is 0 Å². The summed E-state index contributed by atoms with van der Waals surface area (Å²) in [4.78, 5) is 4.22. The maximum Gasteiger partial charge on any atom is 0.294 e. The lowest BCUT2D eigenvalue weighted by molar-refractivity contribution is -0.633. The van der Waals surface area contributed by atoms with E-state index in [0.717, 1.165) is 35.6 Å². The summed E-state index contributed by atoms with van der Waals surface area (Å²) < 4.78 is 9.48. The van der Waals surface area contributed by atoms with E-state index in [2.05, 4.69) is 164 Å². The highest BCUT2D eigenvalue weighted by Gasteiger charge is 2.26. The lowest BCUT2D eigenvalue weighted by atomic mass is 10.0. The Kier molecular flexibility index (Phi) is 6.80. The first-order valence-corrected chi connectivity index (χ1v) is 16.9. The van der Waals surface area contributed by atoms with E-state index in [9.17, 15) is 0 Å². The van der Waals surface area contributed by atoms with Crippen LogP contribution in [0.15, 0.2) is 145 Å². The zero-order valence-corrected chi connectivity index (χ0v) is 27.7. The predicted octanol–water partition coefficient (Wildman–Crippen LogP) is 9.86. The van der Waals surface area contributed by atoms with E-state index < -0.39 is 0 Å². The van der Waals surface area contributed by atoms with Gasteiger partial charge in [-0.3, -0.25) is 4.99 Å². The van der Waals surface area contributed by atoms with E-state index in [1.807, 2.05) is 18.4 Å². The Labute approximate surface area is 285 Å². The number of fused-ring (bicyclic) bond motifs is 7. The number of para-hydroxylation sites is 4. The second-order valence-electron chi connectivity index (χ2n) is 12.7. The van der Waals surface area contributed by atoms with E-state index in [4.69, 9.17) is 0 Å². The van der Waals surface area contributed by atoms with Crippen molar-refractivity contribution in [1.82, 2.24) is 13.7 Å². The second kappa shape index (κ2) is 11.5. The lowest BCUT2D eigenvalue weighted by Crippen LogP contribution is -2.30. The number of imidazole rings is 1. The highest BCUT2D eigenvalue weighted by molar-refractivity contribution is 6.15. The van der Waals surface area contributed by atoms with Crippen LogP contribution in [0.1, 0.15) is 17.7 Å². The van der Waals surface area contributed by atoms with E-state index in [1.165, 1.54) is 60.7 Å². The van der Waals surface area contributed by atoms with Crippen LogP contribution in [0.25, 0.3) is 78.3 Å². The third kappa shape index (κ3) is 4.39. The lowest BCUT2D eigenvalue weighted by Gasteiger charge is -2.14. The molecule has 0 saturated heterocycles.